The van der Waals surface area contributed by atoms with Gasteiger partial charge in [-0.15, -0.1) is 0 Å². The fourth-order valence-electron chi connectivity index (χ4n) is 2.23. The molecule has 0 unspecified atom stereocenters. The highest BCUT2D eigenvalue weighted by Gasteiger charge is 2.53. The Balaban J connectivity index is 1.68. The average Bonchev–Trinajstić information content (AvgIpc) is 3.07. The number of hydrogen-bond acceptors (Lipinski definition) is 5. The predicted octanol–water partition coefficient (Wildman–Crippen LogP) is 1.80. The molecule has 1 aromatic rings. The van der Waals surface area contributed by atoms with Crippen LogP contribution in [0.4, 0.5) is 5.69 Å². The van der Waals surface area contributed by atoms with E-state index in [1.165, 1.54) is 0 Å². The number of anilines is 1. The molecule has 1 amide bonds. The van der Waals surface area contributed by atoms with Gasteiger partial charge < -0.3 is 14.8 Å². The summed E-state index contributed by atoms with van der Waals surface area (Å²) < 4.78 is 11.1. The number of hydrogen-bond donors (Lipinski definition) is 1. The lowest BCUT2D eigenvalue weighted by Gasteiger charge is -2.16. The predicted molar refractivity (Wildman–Crippen MR) is 69.3 cm³/mol. The van der Waals surface area contributed by atoms with Crippen molar-refractivity contribution in [1.82, 2.24) is 0 Å². The van der Waals surface area contributed by atoms with Crippen LogP contribution in [0, 0.1) is 16.0 Å². The molecule has 0 radical (unpaired) electrons. The molecule has 2 aliphatic rings. The fraction of sp³-hybridized carbons (Fsp3) is 0.462. The normalized spacial score (nSPS) is 25.1. The van der Waals surface area contributed by atoms with Crippen LogP contribution in [0.15, 0.2) is 18.2 Å². The maximum Gasteiger partial charge on any atom is 0.246 e. The molecule has 7 heteroatoms. The fourth-order valence-corrected chi connectivity index (χ4v) is 2.23. The summed E-state index contributed by atoms with van der Waals surface area (Å²) in [6.45, 7) is 3.58. The van der Waals surface area contributed by atoms with E-state index in [2.05, 4.69) is 5.32 Å². The summed E-state index contributed by atoms with van der Waals surface area (Å²) in [6.07, 6.45) is 0.302. The minimum atomic E-state index is -0.747. The largest absolute Gasteiger partial charge is 0.449 e. The van der Waals surface area contributed by atoms with Crippen LogP contribution < -0.4 is 14.8 Å². The van der Waals surface area contributed by atoms with Crippen molar-refractivity contribution in [3.05, 3.63) is 28.3 Å². The van der Waals surface area contributed by atoms with Gasteiger partial charge in [0.2, 0.25) is 17.7 Å². The van der Waals surface area contributed by atoms with Crippen molar-refractivity contribution < 1.29 is 19.2 Å². The maximum atomic E-state index is 11.8. The van der Waals surface area contributed by atoms with Crippen molar-refractivity contribution in [3.8, 4) is 11.5 Å². The Hall–Kier alpha value is -2.31. The van der Waals surface area contributed by atoms with E-state index in [0.717, 1.165) is 0 Å². The summed E-state index contributed by atoms with van der Waals surface area (Å²) in [7, 11) is 0. The molecule has 1 aliphatic heterocycles. The van der Waals surface area contributed by atoms with Crippen LogP contribution in [-0.4, -0.2) is 22.7 Å². The molecule has 2 atom stereocenters. The molecule has 0 aromatic heterocycles. The summed E-state index contributed by atoms with van der Waals surface area (Å²) in [4.78, 5) is 22.0. The van der Waals surface area contributed by atoms with Crippen molar-refractivity contribution >= 4 is 11.6 Å². The van der Waals surface area contributed by atoms with Crippen LogP contribution >= 0.6 is 0 Å². The van der Waals surface area contributed by atoms with Gasteiger partial charge in [-0.25, -0.2) is 0 Å². The van der Waals surface area contributed by atoms with Crippen molar-refractivity contribution in [3.63, 3.8) is 0 Å². The van der Waals surface area contributed by atoms with Crippen LogP contribution in [0.5, 0.6) is 11.5 Å². The van der Waals surface area contributed by atoms with Crippen molar-refractivity contribution in [2.75, 3.05) is 5.32 Å². The molecule has 0 saturated heterocycles. The maximum absolute atomic E-state index is 11.8. The number of nitrogens with zero attached hydrogens (tertiary/aromatic N) is 1. The van der Waals surface area contributed by atoms with E-state index in [1.807, 2.05) is 0 Å². The first kappa shape index (κ1) is 12.7. The molecule has 1 aromatic carbocycles. The molecule has 0 spiro atoms. The van der Waals surface area contributed by atoms with Crippen LogP contribution in [0.25, 0.3) is 0 Å². The number of nitro groups is 1. The highest BCUT2D eigenvalue weighted by Crippen LogP contribution is 2.41. The third-order valence-corrected chi connectivity index (χ3v) is 3.29. The van der Waals surface area contributed by atoms with Gasteiger partial charge >= 0.3 is 0 Å². The van der Waals surface area contributed by atoms with Gasteiger partial charge in [0.1, 0.15) is 5.92 Å². The quantitative estimate of drug-likeness (QED) is 0.672. The van der Waals surface area contributed by atoms with E-state index < -0.39 is 22.7 Å². The Labute approximate surface area is 115 Å². The summed E-state index contributed by atoms with van der Waals surface area (Å²) >= 11 is 0. The zero-order chi connectivity index (χ0) is 14.5. The molecule has 1 saturated carbocycles. The van der Waals surface area contributed by atoms with Gasteiger partial charge in [-0.1, -0.05) is 0 Å². The Morgan fingerprint density at radius 1 is 1.40 bits per heavy atom. The van der Waals surface area contributed by atoms with Crippen LogP contribution in [-0.2, 0) is 4.79 Å². The molecule has 7 nitrogen and oxygen atoms in total. The number of nitrogens with one attached hydrogen (secondary N) is 1. The van der Waals surface area contributed by atoms with E-state index >= 15 is 0 Å². The highest BCUT2D eigenvalue weighted by molar-refractivity contribution is 5.95. The first-order valence-corrected chi connectivity index (χ1v) is 6.32. The second-order valence-corrected chi connectivity index (χ2v) is 5.45. The average molecular weight is 278 g/mol. The molecule has 1 N–H and O–H groups in total. The molecule has 20 heavy (non-hydrogen) atoms. The molecule has 3 rings (SSSR count). The lowest BCUT2D eigenvalue weighted by molar-refractivity contribution is -0.497. The first-order chi connectivity index (χ1) is 9.35. The monoisotopic (exact) mass is 278 g/mol. The zero-order valence-corrected chi connectivity index (χ0v) is 11.1. The molecule has 0 bridgehead atoms. The van der Waals surface area contributed by atoms with Crippen molar-refractivity contribution in [2.45, 2.75) is 32.1 Å². The van der Waals surface area contributed by atoms with E-state index in [0.29, 0.717) is 23.6 Å². The second kappa shape index (κ2) is 4.09. The van der Waals surface area contributed by atoms with Gasteiger partial charge in [0.25, 0.3) is 0 Å². The number of carbonyl (C=O) groups excluding carboxylic acids is 1. The third-order valence-electron chi connectivity index (χ3n) is 3.29. The number of carbonyl (C=O) groups is 1. The van der Waals surface area contributed by atoms with Crippen LogP contribution in [0.2, 0.25) is 0 Å². The summed E-state index contributed by atoms with van der Waals surface area (Å²) in [6, 6.07) is 4.30. The van der Waals surface area contributed by atoms with Gasteiger partial charge in [-0.05, 0) is 12.1 Å². The number of benzene rings is 1. The number of rotatable bonds is 3. The highest BCUT2D eigenvalue weighted by atomic mass is 16.7. The standard InChI is InChI=1S/C13H14N2O5/c1-13(2)19-10-4-3-7(5-11(10)20-13)14-12(16)8-6-9(8)15(17)18/h3-5,8-9H,6H2,1-2H3,(H,14,16)/t8-,9-/m1/s1. The van der Waals surface area contributed by atoms with Crippen molar-refractivity contribution in [1.29, 1.82) is 0 Å². The Kier molecular flexibility index (Phi) is 2.60. The second-order valence-electron chi connectivity index (χ2n) is 5.45. The van der Waals surface area contributed by atoms with E-state index in [9.17, 15) is 14.9 Å². The lowest BCUT2D eigenvalue weighted by atomic mass is 10.2. The van der Waals surface area contributed by atoms with E-state index in [4.69, 9.17) is 9.47 Å². The first-order valence-electron chi connectivity index (χ1n) is 6.32. The third kappa shape index (κ3) is 2.26. The van der Waals surface area contributed by atoms with Gasteiger partial charge in [-0.2, -0.15) is 0 Å². The van der Waals surface area contributed by atoms with Gasteiger partial charge in [0.05, 0.1) is 0 Å². The van der Waals surface area contributed by atoms with Crippen LogP contribution in [0.1, 0.15) is 20.3 Å². The molecule has 1 aliphatic carbocycles. The summed E-state index contributed by atoms with van der Waals surface area (Å²) in [5.74, 6) is -0.424. The molecular weight excluding hydrogens is 264 g/mol. The number of amides is 1. The Bertz CT molecular complexity index is 598. The minimum Gasteiger partial charge on any atom is -0.449 e. The van der Waals surface area contributed by atoms with Crippen LogP contribution in [0.3, 0.4) is 0 Å². The number of fused-ring (bicyclic) bond motifs is 1. The Morgan fingerprint density at radius 2 is 2.10 bits per heavy atom. The van der Waals surface area contributed by atoms with Crippen molar-refractivity contribution in [2.24, 2.45) is 5.92 Å². The zero-order valence-electron chi connectivity index (χ0n) is 11.1. The SMILES string of the molecule is CC1(C)Oc2ccc(NC(=O)[C@@H]3C[C@H]3[N+](=O)[O-])cc2O1. The topological polar surface area (TPSA) is 90.7 Å². The van der Waals surface area contributed by atoms with Gasteiger partial charge in [-0.3, -0.25) is 14.9 Å². The van der Waals surface area contributed by atoms with E-state index in [-0.39, 0.29) is 5.91 Å². The Morgan fingerprint density at radius 3 is 2.75 bits per heavy atom. The summed E-state index contributed by atoms with van der Waals surface area (Å²) in [5, 5.41) is 13.2. The number of ether oxygens (including phenoxy) is 2. The smallest absolute Gasteiger partial charge is 0.246 e. The van der Waals surface area contributed by atoms with Gasteiger partial charge in [0.15, 0.2) is 11.5 Å². The van der Waals surface area contributed by atoms with Gasteiger partial charge in [0, 0.05) is 36.9 Å². The lowest BCUT2D eigenvalue weighted by Crippen LogP contribution is -2.29. The summed E-state index contributed by atoms with van der Waals surface area (Å²) in [5.41, 5.74) is 0.545. The van der Waals surface area contributed by atoms with E-state index in [1.54, 1.807) is 32.0 Å². The molecule has 1 heterocycles. The molecular formula is C13H14N2O5. The molecule has 106 valence electrons. The molecule has 1 fully saturated rings. The minimum absolute atomic E-state index is 0.302.